The molecule has 0 atom stereocenters. The first kappa shape index (κ1) is 40.9. The minimum atomic E-state index is -0.403. The van der Waals surface area contributed by atoms with Gasteiger partial charge in [-0.2, -0.15) is 0 Å². The second kappa shape index (κ2) is 28.2. The standard InChI is InChI=1S/C40H63NO8/c1-2-3-4-5-6-7-8-9-10-15-22-43-24-26-45-28-30-47-32-33-48-31-29-46-27-25-44-23-16-21-41-40(42)49-34-39-37-19-13-11-17-35(37)36-18-12-14-20-38(36)39/h11-14,17-20,39H,2-10,15-16,21-34H2,1H3,(H,41,42). The van der Waals surface area contributed by atoms with Gasteiger partial charge in [-0.15, -0.1) is 0 Å². The first-order valence-corrected chi connectivity index (χ1v) is 18.9. The maximum Gasteiger partial charge on any atom is 0.407 e. The number of ether oxygens (including phenoxy) is 7. The molecule has 0 aromatic heterocycles. The van der Waals surface area contributed by atoms with Gasteiger partial charge in [0, 0.05) is 25.7 Å². The van der Waals surface area contributed by atoms with E-state index in [9.17, 15) is 4.79 Å². The number of carbonyl (C=O) groups excluding carboxylic acids is 1. The van der Waals surface area contributed by atoms with E-state index in [2.05, 4.69) is 36.5 Å². The zero-order valence-corrected chi connectivity index (χ0v) is 30.1. The Bertz CT molecular complexity index is 1050. The van der Waals surface area contributed by atoms with Crippen LogP contribution in [0.1, 0.15) is 94.6 Å². The van der Waals surface area contributed by atoms with Crippen molar-refractivity contribution in [1.29, 1.82) is 0 Å². The van der Waals surface area contributed by atoms with Gasteiger partial charge in [0.25, 0.3) is 0 Å². The lowest BCUT2D eigenvalue weighted by molar-refractivity contribution is -0.0169. The first-order chi connectivity index (χ1) is 24.3. The number of benzene rings is 2. The predicted molar refractivity (Wildman–Crippen MR) is 194 cm³/mol. The quantitative estimate of drug-likeness (QED) is 0.0777. The Morgan fingerprint density at radius 1 is 0.510 bits per heavy atom. The summed E-state index contributed by atoms with van der Waals surface area (Å²) in [5, 5.41) is 2.81. The summed E-state index contributed by atoms with van der Waals surface area (Å²) in [7, 11) is 0. The van der Waals surface area contributed by atoms with Crippen molar-refractivity contribution in [1.82, 2.24) is 5.32 Å². The van der Waals surface area contributed by atoms with E-state index >= 15 is 0 Å². The number of carbonyl (C=O) groups is 1. The smallest absolute Gasteiger partial charge is 0.407 e. The fourth-order valence-electron chi connectivity index (χ4n) is 5.91. The molecule has 0 saturated heterocycles. The van der Waals surface area contributed by atoms with E-state index in [0.717, 1.165) is 13.0 Å². The lowest BCUT2D eigenvalue weighted by Gasteiger charge is -2.14. The van der Waals surface area contributed by atoms with Gasteiger partial charge in [0.1, 0.15) is 6.61 Å². The van der Waals surface area contributed by atoms with Crippen LogP contribution in [0.5, 0.6) is 0 Å². The van der Waals surface area contributed by atoms with Crippen LogP contribution in [0.3, 0.4) is 0 Å². The molecule has 1 N–H and O–H groups in total. The highest BCUT2D eigenvalue weighted by molar-refractivity contribution is 5.79. The highest BCUT2D eigenvalue weighted by Crippen LogP contribution is 2.44. The van der Waals surface area contributed by atoms with Crippen LogP contribution in [0.2, 0.25) is 0 Å². The SMILES string of the molecule is CCCCCCCCCCCCOCCOCCOCCOCCOCCOCCCNC(=O)OCC1c2ccccc2-c2ccccc21. The summed E-state index contributed by atoms with van der Waals surface area (Å²) in [5.41, 5.74) is 4.84. The van der Waals surface area contributed by atoms with Crippen molar-refractivity contribution in [2.24, 2.45) is 0 Å². The fourth-order valence-corrected chi connectivity index (χ4v) is 5.91. The highest BCUT2D eigenvalue weighted by atomic mass is 16.6. The van der Waals surface area contributed by atoms with Crippen LogP contribution in [0.4, 0.5) is 4.79 Å². The van der Waals surface area contributed by atoms with E-state index in [0.29, 0.717) is 92.2 Å². The van der Waals surface area contributed by atoms with Gasteiger partial charge in [-0.3, -0.25) is 0 Å². The molecule has 1 amide bonds. The van der Waals surface area contributed by atoms with Crippen molar-refractivity contribution < 1.29 is 38.0 Å². The average Bonchev–Trinajstić information content (AvgIpc) is 3.45. The van der Waals surface area contributed by atoms with Crippen molar-refractivity contribution in [3.05, 3.63) is 59.7 Å². The van der Waals surface area contributed by atoms with Crippen molar-refractivity contribution in [3.8, 4) is 11.1 Å². The van der Waals surface area contributed by atoms with Gasteiger partial charge in [0.2, 0.25) is 0 Å². The van der Waals surface area contributed by atoms with Crippen LogP contribution in [0.25, 0.3) is 11.1 Å². The van der Waals surface area contributed by atoms with Crippen LogP contribution in [0.15, 0.2) is 48.5 Å². The summed E-state index contributed by atoms with van der Waals surface area (Å²) < 4.78 is 39.0. The fraction of sp³-hybridized carbons (Fsp3) is 0.675. The van der Waals surface area contributed by atoms with E-state index in [-0.39, 0.29) is 5.92 Å². The molecule has 2 aromatic carbocycles. The van der Waals surface area contributed by atoms with E-state index < -0.39 is 6.09 Å². The Labute approximate surface area is 295 Å². The van der Waals surface area contributed by atoms with Gasteiger partial charge in [0.15, 0.2) is 0 Å². The molecule has 0 fully saturated rings. The molecule has 3 rings (SSSR count). The summed E-state index contributed by atoms with van der Waals surface area (Å²) in [6, 6.07) is 16.6. The van der Waals surface area contributed by atoms with E-state index in [1.807, 2.05) is 24.3 Å². The lowest BCUT2D eigenvalue weighted by atomic mass is 9.98. The third-order valence-electron chi connectivity index (χ3n) is 8.58. The molecule has 9 nitrogen and oxygen atoms in total. The van der Waals surface area contributed by atoms with Gasteiger partial charge >= 0.3 is 6.09 Å². The Hall–Kier alpha value is -2.53. The van der Waals surface area contributed by atoms with Crippen molar-refractivity contribution in [3.63, 3.8) is 0 Å². The molecule has 0 spiro atoms. The zero-order valence-electron chi connectivity index (χ0n) is 30.1. The number of amides is 1. The number of alkyl carbamates (subject to hydrolysis) is 1. The first-order valence-electron chi connectivity index (χ1n) is 18.9. The molecule has 0 radical (unpaired) electrons. The Morgan fingerprint density at radius 3 is 1.37 bits per heavy atom. The second-order valence-corrected chi connectivity index (χ2v) is 12.5. The number of nitrogens with one attached hydrogen (secondary N) is 1. The molecule has 9 heteroatoms. The Morgan fingerprint density at radius 2 is 0.898 bits per heavy atom. The monoisotopic (exact) mass is 685 g/mol. The van der Waals surface area contributed by atoms with E-state index in [1.54, 1.807) is 0 Å². The largest absolute Gasteiger partial charge is 0.449 e. The number of hydrogen-bond acceptors (Lipinski definition) is 8. The van der Waals surface area contributed by atoms with Gasteiger partial charge in [0.05, 0.1) is 66.1 Å². The third kappa shape index (κ3) is 18.3. The molecule has 0 bridgehead atoms. The summed E-state index contributed by atoms with van der Waals surface area (Å²) in [4.78, 5) is 12.3. The van der Waals surface area contributed by atoms with Gasteiger partial charge in [-0.05, 0) is 35.1 Å². The summed E-state index contributed by atoms with van der Waals surface area (Å²) in [6.45, 7) is 9.90. The number of hydrogen-bond donors (Lipinski definition) is 1. The van der Waals surface area contributed by atoms with E-state index in [4.69, 9.17) is 33.2 Å². The van der Waals surface area contributed by atoms with Gasteiger partial charge in [-0.1, -0.05) is 113 Å². The maximum absolute atomic E-state index is 12.3. The predicted octanol–water partition coefficient (Wildman–Crippen LogP) is 7.94. The second-order valence-electron chi connectivity index (χ2n) is 12.5. The minimum Gasteiger partial charge on any atom is -0.449 e. The maximum atomic E-state index is 12.3. The minimum absolute atomic E-state index is 0.0602. The molecule has 1 aliphatic carbocycles. The summed E-state index contributed by atoms with van der Waals surface area (Å²) in [5.74, 6) is 0.0602. The van der Waals surface area contributed by atoms with Crippen LogP contribution >= 0.6 is 0 Å². The highest BCUT2D eigenvalue weighted by Gasteiger charge is 2.28. The molecule has 0 heterocycles. The summed E-state index contributed by atoms with van der Waals surface area (Å²) in [6.07, 6.45) is 13.7. The molecule has 276 valence electrons. The van der Waals surface area contributed by atoms with Crippen molar-refractivity contribution in [2.45, 2.75) is 83.5 Å². The lowest BCUT2D eigenvalue weighted by Crippen LogP contribution is -2.27. The number of unbranched alkanes of at least 4 members (excludes halogenated alkanes) is 9. The Balaban J connectivity index is 0.979. The number of fused-ring (bicyclic) bond motifs is 3. The summed E-state index contributed by atoms with van der Waals surface area (Å²) >= 11 is 0. The molecule has 49 heavy (non-hydrogen) atoms. The van der Waals surface area contributed by atoms with Crippen LogP contribution in [0, 0.1) is 0 Å². The van der Waals surface area contributed by atoms with E-state index in [1.165, 1.54) is 80.0 Å². The molecule has 0 aliphatic heterocycles. The molecule has 1 aliphatic rings. The van der Waals surface area contributed by atoms with Crippen molar-refractivity contribution >= 4 is 6.09 Å². The zero-order chi connectivity index (χ0) is 34.5. The van der Waals surface area contributed by atoms with Crippen LogP contribution in [-0.4, -0.2) is 98.5 Å². The van der Waals surface area contributed by atoms with Gasteiger partial charge in [-0.25, -0.2) is 4.79 Å². The molecule has 0 unspecified atom stereocenters. The number of rotatable bonds is 32. The normalized spacial score (nSPS) is 12.3. The van der Waals surface area contributed by atoms with Crippen LogP contribution in [-0.2, 0) is 33.2 Å². The molecule has 0 saturated carbocycles. The Kier molecular flexibility index (Phi) is 23.5. The van der Waals surface area contributed by atoms with Crippen LogP contribution < -0.4 is 5.32 Å². The third-order valence-corrected chi connectivity index (χ3v) is 8.58. The average molecular weight is 686 g/mol. The topological polar surface area (TPSA) is 93.7 Å². The molecular formula is C40H63NO8. The molecule has 2 aromatic rings. The molecular weight excluding hydrogens is 622 g/mol. The van der Waals surface area contributed by atoms with Gasteiger partial charge < -0.3 is 38.5 Å². The van der Waals surface area contributed by atoms with Crippen molar-refractivity contribution in [2.75, 3.05) is 92.4 Å².